The van der Waals surface area contributed by atoms with Gasteiger partial charge in [-0.3, -0.25) is 19.4 Å². The molecular formula is C15H18N2O2. The lowest BCUT2D eigenvalue weighted by atomic mass is 10.0. The molecule has 100 valence electrons. The highest BCUT2D eigenvalue weighted by molar-refractivity contribution is 5.97. The van der Waals surface area contributed by atoms with E-state index in [1.54, 1.807) is 0 Å². The normalized spacial score (nSPS) is 20.5. The van der Waals surface area contributed by atoms with Gasteiger partial charge in [-0.15, -0.1) is 0 Å². The Morgan fingerprint density at radius 2 is 1.63 bits per heavy atom. The molecular weight excluding hydrogens is 240 g/mol. The van der Waals surface area contributed by atoms with Crippen molar-refractivity contribution < 1.29 is 9.59 Å². The zero-order valence-electron chi connectivity index (χ0n) is 11.0. The van der Waals surface area contributed by atoms with Crippen LogP contribution in [-0.4, -0.2) is 34.8 Å². The lowest BCUT2D eigenvalue weighted by Crippen LogP contribution is -2.48. The van der Waals surface area contributed by atoms with Gasteiger partial charge in [0.25, 0.3) is 0 Å². The van der Waals surface area contributed by atoms with Crippen molar-refractivity contribution in [2.24, 2.45) is 0 Å². The van der Waals surface area contributed by atoms with Crippen LogP contribution in [0.4, 0.5) is 0 Å². The Kier molecular flexibility index (Phi) is 3.34. The largest absolute Gasteiger partial charge is 0.281 e. The molecule has 19 heavy (non-hydrogen) atoms. The molecule has 4 nitrogen and oxygen atoms in total. The zero-order chi connectivity index (χ0) is 13.2. The maximum absolute atomic E-state index is 11.8. The van der Waals surface area contributed by atoms with Gasteiger partial charge in [0.1, 0.15) is 0 Å². The average molecular weight is 258 g/mol. The van der Waals surface area contributed by atoms with Crippen LogP contribution in [0.3, 0.4) is 0 Å². The molecule has 3 rings (SSSR count). The third-order valence-corrected chi connectivity index (χ3v) is 3.93. The highest BCUT2D eigenvalue weighted by Gasteiger charge is 2.28. The van der Waals surface area contributed by atoms with Crippen LogP contribution in [-0.2, 0) is 22.6 Å². The highest BCUT2D eigenvalue weighted by Crippen LogP contribution is 2.20. The van der Waals surface area contributed by atoms with Crippen molar-refractivity contribution in [2.45, 2.75) is 32.2 Å². The number of carbonyl (C=O) groups is 2. The lowest BCUT2D eigenvalue weighted by Gasteiger charge is -2.34. The molecule has 1 saturated heterocycles. The van der Waals surface area contributed by atoms with E-state index in [1.807, 2.05) is 6.07 Å². The maximum Gasteiger partial charge on any atom is 0.230 e. The van der Waals surface area contributed by atoms with Gasteiger partial charge in [0.05, 0.1) is 6.67 Å². The Labute approximate surface area is 113 Å². The highest BCUT2D eigenvalue weighted by atomic mass is 16.2. The molecule has 0 bridgehead atoms. The Morgan fingerprint density at radius 1 is 0.947 bits per heavy atom. The molecule has 2 amide bonds. The number of rotatable bonds is 2. The van der Waals surface area contributed by atoms with E-state index in [0.29, 0.717) is 25.9 Å². The summed E-state index contributed by atoms with van der Waals surface area (Å²) in [6.45, 7) is 2.19. The third-order valence-electron chi connectivity index (χ3n) is 3.93. The summed E-state index contributed by atoms with van der Waals surface area (Å²) >= 11 is 0. The SMILES string of the molecule is O=C1CCCC(=O)N1CN1CCc2ccccc2C1. The van der Waals surface area contributed by atoms with Crippen molar-refractivity contribution in [3.63, 3.8) is 0 Å². The monoisotopic (exact) mass is 258 g/mol. The lowest BCUT2D eigenvalue weighted by molar-refractivity contribution is -0.150. The van der Waals surface area contributed by atoms with Gasteiger partial charge in [-0.05, 0) is 24.0 Å². The molecule has 0 aromatic heterocycles. The summed E-state index contributed by atoms with van der Waals surface area (Å²) in [4.78, 5) is 27.2. The number of amides is 2. The second-order valence-electron chi connectivity index (χ2n) is 5.28. The second-order valence-corrected chi connectivity index (χ2v) is 5.28. The Balaban J connectivity index is 1.68. The zero-order valence-corrected chi connectivity index (χ0v) is 11.0. The predicted molar refractivity (Wildman–Crippen MR) is 71.1 cm³/mol. The number of carbonyl (C=O) groups excluding carboxylic acids is 2. The molecule has 0 saturated carbocycles. The van der Waals surface area contributed by atoms with E-state index in [2.05, 4.69) is 23.1 Å². The van der Waals surface area contributed by atoms with Gasteiger partial charge in [-0.2, -0.15) is 0 Å². The van der Waals surface area contributed by atoms with Crippen molar-refractivity contribution in [1.82, 2.24) is 9.80 Å². The number of likely N-dealkylation sites (tertiary alicyclic amines) is 1. The van der Waals surface area contributed by atoms with Crippen molar-refractivity contribution in [3.05, 3.63) is 35.4 Å². The number of benzene rings is 1. The van der Waals surface area contributed by atoms with Crippen LogP contribution in [0.1, 0.15) is 30.4 Å². The quantitative estimate of drug-likeness (QED) is 0.756. The molecule has 1 aromatic rings. The standard InChI is InChI=1S/C15H18N2O2/c18-14-6-3-7-15(19)17(14)11-16-9-8-12-4-1-2-5-13(12)10-16/h1-2,4-5H,3,6-11H2. The number of imide groups is 1. The molecule has 2 aliphatic rings. The molecule has 0 aliphatic carbocycles. The fourth-order valence-corrected chi connectivity index (χ4v) is 2.83. The second kappa shape index (κ2) is 5.13. The summed E-state index contributed by atoms with van der Waals surface area (Å²) in [5.41, 5.74) is 2.70. The fourth-order valence-electron chi connectivity index (χ4n) is 2.83. The van der Waals surface area contributed by atoms with Crippen LogP contribution < -0.4 is 0 Å². The Bertz CT molecular complexity index is 497. The number of nitrogens with zero attached hydrogens (tertiary/aromatic N) is 2. The van der Waals surface area contributed by atoms with Crippen molar-refractivity contribution in [1.29, 1.82) is 0 Å². The number of hydrogen-bond acceptors (Lipinski definition) is 3. The van der Waals surface area contributed by atoms with Gasteiger partial charge in [-0.25, -0.2) is 0 Å². The minimum absolute atomic E-state index is 0.0184. The van der Waals surface area contributed by atoms with Crippen LogP contribution in [0, 0.1) is 0 Å². The Hall–Kier alpha value is -1.68. The molecule has 2 aliphatic heterocycles. The summed E-state index contributed by atoms with van der Waals surface area (Å²) in [5.74, 6) is -0.0368. The van der Waals surface area contributed by atoms with Crippen LogP contribution in [0.2, 0.25) is 0 Å². The van der Waals surface area contributed by atoms with E-state index < -0.39 is 0 Å². The van der Waals surface area contributed by atoms with Gasteiger partial charge in [0, 0.05) is 25.9 Å². The van der Waals surface area contributed by atoms with Crippen LogP contribution in [0.5, 0.6) is 0 Å². The third kappa shape index (κ3) is 2.54. The van der Waals surface area contributed by atoms with E-state index in [0.717, 1.165) is 19.5 Å². The first-order valence-electron chi connectivity index (χ1n) is 6.86. The minimum atomic E-state index is -0.0184. The molecule has 0 radical (unpaired) electrons. The van der Waals surface area contributed by atoms with Gasteiger partial charge >= 0.3 is 0 Å². The Morgan fingerprint density at radius 3 is 2.37 bits per heavy atom. The smallest absolute Gasteiger partial charge is 0.230 e. The van der Waals surface area contributed by atoms with E-state index >= 15 is 0 Å². The van der Waals surface area contributed by atoms with Crippen molar-refractivity contribution in [3.8, 4) is 0 Å². The molecule has 0 spiro atoms. The van der Waals surface area contributed by atoms with Crippen molar-refractivity contribution >= 4 is 11.8 Å². The number of fused-ring (bicyclic) bond motifs is 1. The van der Waals surface area contributed by atoms with Crippen LogP contribution in [0.15, 0.2) is 24.3 Å². The topological polar surface area (TPSA) is 40.6 Å². The number of hydrogen-bond donors (Lipinski definition) is 0. The molecule has 0 N–H and O–H groups in total. The van der Waals surface area contributed by atoms with E-state index in [9.17, 15) is 9.59 Å². The summed E-state index contributed by atoms with van der Waals surface area (Å²) < 4.78 is 0. The summed E-state index contributed by atoms with van der Waals surface area (Å²) in [5, 5.41) is 0. The molecule has 0 unspecified atom stereocenters. The van der Waals surface area contributed by atoms with Gasteiger partial charge < -0.3 is 0 Å². The summed E-state index contributed by atoms with van der Waals surface area (Å²) in [6.07, 6.45) is 2.72. The first-order valence-corrected chi connectivity index (χ1v) is 6.86. The maximum atomic E-state index is 11.8. The molecule has 1 fully saturated rings. The summed E-state index contributed by atoms with van der Waals surface area (Å²) in [7, 11) is 0. The predicted octanol–water partition coefficient (Wildman–Crippen LogP) is 1.54. The van der Waals surface area contributed by atoms with Gasteiger partial charge in [0.2, 0.25) is 11.8 Å². The van der Waals surface area contributed by atoms with Crippen LogP contribution in [0.25, 0.3) is 0 Å². The van der Waals surface area contributed by atoms with Gasteiger partial charge in [-0.1, -0.05) is 24.3 Å². The van der Waals surface area contributed by atoms with E-state index in [-0.39, 0.29) is 11.8 Å². The van der Waals surface area contributed by atoms with Crippen molar-refractivity contribution in [2.75, 3.05) is 13.2 Å². The molecule has 1 aromatic carbocycles. The number of piperidine rings is 1. The first kappa shape index (κ1) is 12.4. The molecule has 2 heterocycles. The minimum Gasteiger partial charge on any atom is -0.281 e. The average Bonchev–Trinajstić information content (AvgIpc) is 2.43. The van der Waals surface area contributed by atoms with Gasteiger partial charge in [0.15, 0.2) is 0 Å². The van der Waals surface area contributed by atoms with E-state index in [4.69, 9.17) is 0 Å². The van der Waals surface area contributed by atoms with E-state index in [1.165, 1.54) is 16.0 Å². The molecule has 4 heteroatoms. The first-order chi connectivity index (χ1) is 9.24. The fraction of sp³-hybridized carbons (Fsp3) is 0.467. The summed E-state index contributed by atoms with van der Waals surface area (Å²) in [6, 6.07) is 8.39. The molecule has 0 atom stereocenters. The van der Waals surface area contributed by atoms with Crippen LogP contribution >= 0.6 is 0 Å².